The molecule has 7 heteroatoms. The van der Waals surface area contributed by atoms with Gasteiger partial charge in [0.25, 0.3) is 0 Å². The van der Waals surface area contributed by atoms with Crippen molar-refractivity contribution in [1.29, 1.82) is 0 Å². The van der Waals surface area contributed by atoms with E-state index in [2.05, 4.69) is 5.32 Å². The molecule has 1 aromatic carbocycles. The number of nitrogens with one attached hydrogen (secondary N) is 1. The SMILES string of the molecule is CNCCN(C)C(=O)C1CC(=O)N(c2ccc3c(c2)OCCO3)C1. The van der Waals surface area contributed by atoms with Gasteiger partial charge in [0.15, 0.2) is 11.5 Å². The second-order valence-electron chi connectivity index (χ2n) is 6.10. The molecule has 1 atom stereocenters. The summed E-state index contributed by atoms with van der Waals surface area (Å²) >= 11 is 0. The number of fused-ring (bicyclic) bond motifs is 1. The third-order valence-corrected chi connectivity index (χ3v) is 4.39. The van der Waals surface area contributed by atoms with Crippen LogP contribution in [0.2, 0.25) is 0 Å². The van der Waals surface area contributed by atoms with Gasteiger partial charge in [0.05, 0.1) is 5.92 Å². The quantitative estimate of drug-likeness (QED) is 0.849. The average molecular weight is 333 g/mol. The molecule has 0 radical (unpaired) electrons. The summed E-state index contributed by atoms with van der Waals surface area (Å²) in [6.45, 7) is 2.80. The number of likely N-dealkylation sites (N-methyl/N-ethyl adjacent to an activating group) is 2. The number of amides is 2. The van der Waals surface area contributed by atoms with E-state index in [1.165, 1.54) is 0 Å². The standard InChI is InChI=1S/C17H23N3O4/c1-18-5-6-19(2)17(22)12-9-16(21)20(11-12)13-3-4-14-15(10-13)24-8-7-23-14/h3-4,10,12,18H,5-9,11H2,1-2H3. The fourth-order valence-electron chi connectivity index (χ4n) is 3.02. The Bertz CT molecular complexity index is 634. The normalized spacial score (nSPS) is 19.5. The maximum absolute atomic E-state index is 12.5. The van der Waals surface area contributed by atoms with Gasteiger partial charge < -0.3 is 24.6 Å². The molecule has 0 bridgehead atoms. The molecule has 2 aliphatic rings. The molecule has 2 amide bonds. The zero-order valence-corrected chi connectivity index (χ0v) is 14.1. The molecule has 1 fully saturated rings. The summed E-state index contributed by atoms with van der Waals surface area (Å²) in [7, 11) is 3.62. The number of hydrogen-bond donors (Lipinski definition) is 1. The van der Waals surface area contributed by atoms with Crippen LogP contribution in [0.25, 0.3) is 0 Å². The highest BCUT2D eigenvalue weighted by atomic mass is 16.6. The van der Waals surface area contributed by atoms with Crippen LogP contribution in [0.5, 0.6) is 11.5 Å². The molecule has 1 saturated heterocycles. The van der Waals surface area contributed by atoms with E-state index in [4.69, 9.17) is 9.47 Å². The first kappa shape index (κ1) is 16.6. The zero-order chi connectivity index (χ0) is 17.1. The Morgan fingerprint density at radius 3 is 2.83 bits per heavy atom. The van der Waals surface area contributed by atoms with Crippen LogP contribution < -0.4 is 19.7 Å². The Morgan fingerprint density at radius 2 is 2.08 bits per heavy atom. The summed E-state index contributed by atoms with van der Waals surface area (Å²) in [6, 6.07) is 5.46. The van der Waals surface area contributed by atoms with Crippen molar-refractivity contribution in [3.8, 4) is 11.5 Å². The molecule has 0 spiro atoms. The fraction of sp³-hybridized carbons (Fsp3) is 0.529. The van der Waals surface area contributed by atoms with Gasteiger partial charge in [-0.3, -0.25) is 9.59 Å². The van der Waals surface area contributed by atoms with Crippen molar-refractivity contribution in [3.05, 3.63) is 18.2 Å². The van der Waals surface area contributed by atoms with Crippen molar-refractivity contribution in [2.24, 2.45) is 5.92 Å². The van der Waals surface area contributed by atoms with Crippen molar-refractivity contribution >= 4 is 17.5 Å². The summed E-state index contributed by atoms with van der Waals surface area (Å²) in [4.78, 5) is 28.2. The minimum atomic E-state index is -0.299. The van der Waals surface area contributed by atoms with Gasteiger partial charge in [0.2, 0.25) is 11.8 Å². The van der Waals surface area contributed by atoms with E-state index < -0.39 is 0 Å². The molecule has 0 saturated carbocycles. The molecule has 3 rings (SSSR count). The number of rotatable bonds is 5. The minimum Gasteiger partial charge on any atom is -0.486 e. The summed E-state index contributed by atoms with van der Waals surface area (Å²) in [5, 5.41) is 3.02. The van der Waals surface area contributed by atoms with Crippen LogP contribution in [0.3, 0.4) is 0 Å². The smallest absolute Gasteiger partial charge is 0.227 e. The lowest BCUT2D eigenvalue weighted by Gasteiger charge is -2.23. The maximum Gasteiger partial charge on any atom is 0.227 e. The molecule has 0 aliphatic carbocycles. The van der Waals surface area contributed by atoms with E-state index in [1.54, 1.807) is 16.8 Å². The highest BCUT2D eigenvalue weighted by Gasteiger charge is 2.36. The summed E-state index contributed by atoms with van der Waals surface area (Å²) in [5.74, 6) is 1.02. The lowest BCUT2D eigenvalue weighted by molar-refractivity contribution is -0.134. The van der Waals surface area contributed by atoms with Crippen LogP contribution >= 0.6 is 0 Å². The average Bonchev–Trinajstić information content (AvgIpc) is 3.00. The Morgan fingerprint density at radius 1 is 1.33 bits per heavy atom. The lowest BCUT2D eigenvalue weighted by Crippen LogP contribution is -2.38. The van der Waals surface area contributed by atoms with Gasteiger partial charge in [-0.1, -0.05) is 0 Å². The van der Waals surface area contributed by atoms with Crippen molar-refractivity contribution in [1.82, 2.24) is 10.2 Å². The number of carbonyl (C=O) groups excluding carboxylic acids is 2. The van der Waals surface area contributed by atoms with Crippen LogP contribution in [0, 0.1) is 5.92 Å². The number of anilines is 1. The van der Waals surface area contributed by atoms with Gasteiger partial charge in [-0.2, -0.15) is 0 Å². The first-order valence-corrected chi connectivity index (χ1v) is 8.19. The number of ether oxygens (including phenoxy) is 2. The monoisotopic (exact) mass is 333 g/mol. The Balaban J connectivity index is 1.70. The molecule has 2 heterocycles. The van der Waals surface area contributed by atoms with E-state index in [1.807, 2.05) is 25.2 Å². The van der Waals surface area contributed by atoms with Crippen LogP contribution in [0.4, 0.5) is 5.69 Å². The summed E-state index contributed by atoms with van der Waals surface area (Å²) < 4.78 is 11.1. The van der Waals surface area contributed by atoms with Gasteiger partial charge in [0.1, 0.15) is 13.2 Å². The third-order valence-electron chi connectivity index (χ3n) is 4.39. The Hall–Kier alpha value is -2.28. The van der Waals surface area contributed by atoms with Gasteiger partial charge in [-0.15, -0.1) is 0 Å². The lowest BCUT2D eigenvalue weighted by atomic mass is 10.1. The maximum atomic E-state index is 12.5. The van der Waals surface area contributed by atoms with Gasteiger partial charge in [-0.25, -0.2) is 0 Å². The first-order valence-electron chi connectivity index (χ1n) is 8.19. The molecule has 1 unspecified atom stereocenters. The van der Waals surface area contributed by atoms with Crippen LogP contribution in [0.1, 0.15) is 6.42 Å². The number of nitrogens with zero attached hydrogens (tertiary/aromatic N) is 2. The second-order valence-corrected chi connectivity index (χ2v) is 6.10. The summed E-state index contributed by atoms with van der Waals surface area (Å²) in [5.41, 5.74) is 0.748. The molecule has 1 N–H and O–H groups in total. The predicted molar refractivity (Wildman–Crippen MR) is 89.5 cm³/mol. The highest BCUT2D eigenvalue weighted by molar-refractivity contribution is 6.00. The molecule has 2 aliphatic heterocycles. The van der Waals surface area contributed by atoms with E-state index in [0.717, 1.165) is 12.2 Å². The zero-order valence-electron chi connectivity index (χ0n) is 14.1. The second kappa shape index (κ2) is 7.09. The number of carbonyl (C=O) groups is 2. The van der Waals surface area contributed by atoms with E-state index in [9.17, 15) is 9.59 Å². The molecular formula is C17H23N3O4. The van der Waals surface area contributed by atoms with Gasteiger partial charge >= 0.3 is 0 Å². The Kier molecular flexibility index (Phi) is 4.89. The topological polar surface area (TPSA) is 71.1 Å². The van der Waals surface area contributed by atoms with Crippen LogP contribution in [0.15, 0.2) is 18.2 Å². The van der Waals surface area contributed by atoms with Crippen LogP contribution in [-0.4, -0.2) is 63.7 Å². The van der Waals surface area contributed by atoms with E-state index in [-0.39, 0.29) is 24.2 Å². The fourth-order valence-corrected chi connectivity index (χ4v) is 3.02. The number of hydrogen-bond acceptors (Lipinski definition) is 5. The molecule has 1 aromatic rings. The predicted octanol–water partition coefficient (Wildman–Crippen LogP) is 0.489. The molecule has 7 nitrogen and oxygen atoms in total. The van der Waals surface area contributed by atoms with E-state index >= 15 is 0 Å². The van der Waals surface area contributed by atoms with E-state index in [0.29, 0.717) is 37.8 Å². The summed E-state index contributed by atoms with van der Waals surface area (Å²) in [6.07, 6.45) is 0.247. The largest absolute Gasteiger partial charge is 0.486 e. The molecule has 0 aromatic heterocycles. The van der Waals surface area contributed by atoms with Crippen molar-refractivity contribution in [2.75, 3.05) is 51.8 Å². The van der Waals surface area contributed by atoms with Crippen molar-refractivity contribution in [2.45, 2.75) is 6.42 Å². The molecule has 130 valence electrons. The highest BCUT2D eigenvalue weighted by Crippen LogP contribution is 2.36. The van der Waals surface area contributed by atoms with Crippen molar-refractivity contribution < 1.29 is 19.1 Å². The molecular weight excluding hydrogens is 310 g/mol. The Labute approximate surface area is 141 Å². The van der Waals surface area contributed by atoms with Crippen molar-refractivity contribution in [3.63, 3.8) is 0 Å². The van der Waals surface area contributed by atoms with Gasteiger partial charge in [-0.05, 0) is 19.2 Å². The molecule has 24 heavy (non-hydrogen) atoms. The van der Waals surface area contributed by atoms with Gasteiger partial charge in [0, 0.05) is 44.9 Å². The van der Waals surface area contributed by atoms with Crippen LogP contribution in [-0.2, 0) is 9.59 Å². The number of benzene rings is 1. The first-order chi connectivity index (χ1) is 11.6. The third kappa shape index (κ3) is 3.31. The minimum absolute atomic E-state index is 0.0126.